The van der Waals surface area contributed by atoms with Gasteiger partial charge in [0.05, 0.1) is 0 Å². The van der Waals surface area contributed by atoms with E-state index in [2.05, 4.69) is 4.99 Å². The first kappa shape index (κ1) is 9.96. The molecule has 0 saturated heterocycles. The minimum Gasteiger partial charge on any atom is -0.409 e. The van der Waals surface area contributed by atoms with Crippen LogP contribution < -0.4 is 22.4 Å². The van der Waals surface area contributed by atoms with Gasteiger partial charge in [0.25, 0.3) is 0 Å². The van der Waals surface area contributed by atoms with Crippen molar-refractivity contribution in [1.82, 2.24) is 9.69 Å². The molecule has 0 radical (unpaired) electrons. The smallest absolute Gasteiger partial charge is 0.331 e. The highest BCUT2D eigenvalue weighted by atomic mass is 16.6. The third-order valence-corrected chi connectivity index (χ3v) is 1.63. The van der Waals surface area contributed by atoms with Crippen molar-refractivity contribution in [1.29, 1.82) is 0 Å². The summed E-state index contributed by atoms with van der Waals surface area (Å²) in [6.45, 7) is 2.01. The van der Waals surface area contributed by atoms with Crippen LogP contribution in [0.15, 0.2) is 9.79 Å². The largest absolute Gasteiger partial charge is 0.409 e. The number of hydrogen-bond acceptors (Lipinski definition) is 6. The van der Waals surface area contributed by atoms with E-state index in [4.69, 9.17) is 21.9 Å². The topological polar surface area (TPSA) is 132 Å². The van der Waals surface area contributed by atoms with Crippen LogP contribution in [-0.2, 0) is 0 Å². The van der Waals surface area contributed by atoms with Crippen molar-refractivity contribution in [3.05, 3.63) is 15.7 Å². The van der Waals surface area contributed by atoms with Crippen LogP contribution in [-0.4, -0.2) is 26.6 Å². The second-order valence-corrected chi connectivity index (χ2v) is 2.51. The highest BCUT2D eigenvalue weighted by Crippen LogP contribution is 2.02. The van der Waals surface area contributed by atoms with Gasteiger partial charge >= 0.3 is 5.56 Å². The number of hydrogen-bond donors (Lipinski definition) is 4. The Kier molecular flexibility index (Phi) is 2.36. The van der Waals surface area contributed by atoms with Crippen LogP contribution in [0.5, 0.6) is 0 Å². The highest BCUT2D eigenvalue weighted by Gasteiger charge is 2.11. The van der Waals surface area contributed by atoms with Crippen LogP contribution in [0.4, 0.5) is 11.5 Å². The summed E-state index contributed by atoms with van der Waals surface area (Å²) in [6.07, 6.45) is 0. The molecule has 78 valence electrons. The van der Waals surface area contributed by atoms with Gasteiger partial charge in [-0.3, -0.25) is 9.79 Å². The Hall–Kier alpha value is -2.12. The van der Waals surface area contributed by atoms with Crippen molar-refractivity contribution < 1.29 is 10.4 Å². The predicted molar refractivity (Wildman–Crippen MR) is 48.0 cm³/mol. The van der Waals surface area contributed by atoms with Gasteiger partial charge in [-0.1, -0.05) is 4.85 Å². The normalized spacial score (nSPS) is 11.9. The van der Waals surface area contributed by atoms with Crippen molar-refractivity contribution >= 4 is 11.5 Å². The lowest BCUT2D eigenvalue weighted by Gasteiger charge is -2.08. The Balaban J connectivity index is 3.79. The SMILES string of the molecule is CCN=c1c(N)c(N)n(O)n(O)c1=O. The van der Waals surface area contributed by atoms with Crippen LogP contribution in [0, 0.1) is 0 Å². The van der Waals surface area contributed by atoms with Gasteiger partial charge in [0.2, 0.25) is 0 Å². The quantitative estimate of drug-likeness (QED) is 0.398. The summed E-state index contributed by atoms with van der Waals surface area (Å²) >= 11 is 0. The summed E-state index contributed by atoms with van der Waals surface area (Å²) in [5.41, 5.74) is 9.61. The Morgan fingerprint density at radius 3 is 2.43 bits per heavy atom. The molecule has 0 amide bonds. The monoisotopic (exact) mass is 201 g/mol. The van der Waals surface area contributed by atoms with Crippen molar-refractivity contribution in [3.63, 3.8) is 0 Å². The first-order valence-electron chi connectivity index (χ1n) is 3.83. The Morgan fingerprint density at radius 1 is 1.36 bits per heavy atom. The molecule has 0 atom stereocenters. The van der Waals surface area contributed by atoms with Gasteiger partial charge in [-0.2, -0.15) is 0 Å². The fourth-order valence-corrected chi connectivity index (χ4v) is 0.938. The van der Waals surface area contributed by atoms with Gasteiger partial charge in [0.15, 0.2) is 11.2 Å². The van der Waals surface area contributed by atoms with E-state index in [1.54, 1.807) is 6.92 Å². The van der Waals surface area contributed by atoms with Crippen LogP contribution in [0.1, 0.15) is 6.92 Å². The molecule has 0 fully saturated rings. The number of nitrogens with two attached hydrogens (primary N) is 2. The molecule has 0 saturated carbocycles. The maximum absolute atomic E-state index is 11.3. The number of rotatable bonds is 1. The second kappa shape index (κ2) is 3.32. The molecule has 14 heavy (non-hydrogen) atoms. The van der Waals surface area contributed by atoms with Gasteiger partial charge in [-0.15, -0.1) is 0 Å². The lowest BCUT2D eigenvalue weighted by Crippen LogP contribution is -2.42. The van der Waals surface area contributed by atoms with Gasteiger partial charge in [-0.05, 0) is 11.8 Å². The van der Waals surface area contributed by atoms with E-state index in [0.29, 0.717) is 6.54 Å². The molecular weight excluding hydrogens is 190 g/mol. The molecule has 0 bridgehead atoms. The van der Waals surface area contributed by atoms with Crippen molar-refractivity contribution in [2.24, 2.45) is 4.99 Å². The molecule has 8 nitrogen and oxygen atoms in total. The molecule has 1 rings (SSSR count). The fraction of sp³-hybridized carbons (Fsp3) is 0.333. The number of nitrogen functional groups attached to an aromatic ring is 2. The maximum atomic E-state index is 11.3. The summed E-state index contributed by atoms with van der Waals surface area (Å²) in [5.74, 6) is -0.348. The second-order valence-electron chi connectivity index (χ2n) is 2.51. The molecule has 0 aliphatic carbocycles. The summed E-state index contributed by atoms with van der Waals surface area (Å²) in [4.78, 5) is 15.0. The zero-order valence-electron chi connectivity index (χ0n) is 7.51. The van der Waals surface area contributed by atoms with E-state index in [-0.39, 0.29) is 26.6 Å². The summed E-state index contributed by atoms with van der Waals surface area (Å²) in [5, 5.41) is 17.9. The first-order valence-corrected chi connectivity index (χ1v) is 3.83. The Labute approximate surface area is 78.2 Å². The zero-order chi connectivity index (χ0) is 10.9. The van der Waals surface area contributed by atoms with E-state index in [1.807, 2.05) is 0 Å². The van der Waals surface area contributed by atoms with Crippen molar-refractivity contribution in [2.75, 3.05) is 18.0 Å². The third kappa shape index (κ3) is 1.26. The lowest BCUT2D eigenvalue weighted by atomic mass is 10.4. The molecule has 0 aliphatic rings. The summed E-state index contributed by atoms with van der Waals surface area (Å²) < 4.78 is 0. The molecular formula is C6H11N5O3. The average Bonchev–Trinajstić information content (AvgIpc) is 2.19. The molecule has 0 aliphatic heterocycles. The van der Waals surface area contributed by atoms with Crippen LogP contribution in [0.25, 0.3) is 0 Å². The van der Waals surface area contributed by atoms with E-state index in [9.17, 15) is 4.79 Å². The molecule has 1 aromatic rings. The molecule has 1 heterocycles. The number of nitrogens with zero attached hydrogens (tertiary/aromatic N) is 3. The van der Waals surface area contributed by atoms with E-state index >= 15 is 0 Å². The Morgan fingerprint density at radius 2 is 1.93 bits per heavy atom. The Bertz CT molecular complexity index is 472. The summed E-state index contributed by atoms with van der Waals surface area (Å²) in [7, 11) is 0. The highest BCUT2D eigenvalue weighted by molar-refractivity contribution is 5.56. The minimum absolute atomic E-state index is 0.0480. The molecule has 6 N–H and O–H groups in total. The molecule has 0 unspecified atom stereocenters. The number of anilines is 2. The van der Waals surface area contributed by atoms with Gasteiger partial charge in [0.1, 0.15) is 5.69 Å². The van der Waals surface area contributed by atoms with Crippen LogP contribution in [0.2, 0.25) is 0 Å². The summed E-state index contributed by atoms with van der Waals surface area (Å²) in [6, 6.07) is 0. The molecule has 0 spiro atoms. The predicted octanol–water partition coefficient (Wildman–Crippen LogP) is -1.79. The van der Waals surface area contributed by atoms with Crippen LogP contribution >= 0.6 is 0 Å². The standard InChI is InChI=1S/C6H11N5O3/c1-2-9-4-3(7)5(8)10(13)11(14)6(4)12/h13-14H,2,7-8H2,1H3. The van der Waals surface area contributed by atoms with Gasteiger partial charge in [-0.25, -0.2) is 0 Å². The van der Waals surface area contributed by atoms with E-state index in [0.717, 1.165) is 0 Å². The minimum atomic E-state index is -0.930. The van der Waals surface area contributed by atoms with Crippen LogP contribution in [0.3, 0.4) is 0 Å². The van der Waals surface area contributed by atoms with Gasteiger partial charge in [0, 0.05) is 6.54 Å². The van der Waals surface area contributed by atoms with Gasteiger partial charge < -0.3 is 21.9 Å². The number of aromatic nitrogens is 2. The maximum Gasteiger partial charge on any atom is 0.331 e. The zero-order valence-corrected chi connectivity index (χ0v) is 7.51. The lowest BCUT2D eigenvalue weighted by molar-refractivity contribution is -0.0189. The van der Waals surface area contributed by atoms with E-state index < -0.39 is 5.56 Å². The van der Waals surface area contributed by atoms with Crippen molar-refractivity contribution in [2.45, 2.75) is 6.92 Å². The van der Waals surface area contributed by atoms with Crippen molar-refractivity contribution in [3.8, 4) is 0 Å². The van der Waals surface area contributed by atoms with E-state index in [1.165, 1.54) is 0 Å². The third-order valence-electron chi connectivity index (χ3n) is 1.63. The molecule has 1 aromatic heterocycles. The molecule has 8 heteroatoms. The molecule has 0 aromatic carbocycles. The first-order chi connectivity index (χ1) is 6.50. The average molecular weight is 201 g/mol. The fourth-order valence-electron chi connectivity index (χ4n) is 0.938.